The summed E-state index contributed by atoms with van der Waals surface area (Å²) in [5.41, 5.74) is 5.42. The Morgan fingerprint density at radius 3 is 2.63 bits per heavy atom. The van der Waals surface area contributed by atoms with E-state index in [0.717, 1.165) is 28.0 Å². The zero-order valence-electron chi connectivity index (χ0n) is 10.2. The zero-order chi connectivity index (χ0) is 14.0. The van der Waals surface area contributed by atoms with Crippen molar-refractivity contribution in [1.82, 2.24) is 4.72 Å². The molecule has 2 rings (SSSR count). The Bertz CT molecular complexity index is 696. The Hall–Kier alpha value is -1.44. The fourth-order valence-corrected chi connectivity index (χ4v) is 3.63. The van der Waals surface area contributed by atoms with Gasteiger partial charge in [-0.25, -0.2) is 17.5 Å². The standard InChI is InChI=1S/C12H13FN2O2S2/c1-8-2-4-10(18-8)7-15-19(16,17)12-5-3-9(13)6-11(12)14/h2-6,15H,7,14H2,1H3. The van der Waals surface area contributed by atoms with Gasteiger partial charge in [0.2, 0.25) is 10.0 Å². The molecule has 0 fully saturated rings. The molecule has 102 valence electrons. The topological polar surface area (TPSA) is 72.2 Å². The highest BCUT2D eigenvalue weighted by Gasteiger charge is 2.17. The summed E-state index contributed by atoms with van der Waals surface area (Å²) >= 11 is 1.51. The van der Waals surface area contributed by atoms with E-state index in [0.29, 0.717) is 0 Å². The van der Waals surface area contributed by atoms with Crippen LogP contribution in [0.5, 0.6) is 0 Å². The SMILES string of the molecule is Cc1ccc(CNS(=O)(=O)c2ccc(F)cc2N)s1. The van der Waals surface area contributed by atoms with Crippen LogP contribution >= 0.6 is 11.3 Å². The zero-order valence-corrected chi connectivity index (χ0v) is 11.8. The molecule has 0 saturated carbocycles. The Labute approximate surface area is 115 Å². The smallest absolute Gasteiger partial charge is 0.242 e. The minimum Gasteiger partial charge on any atom is -0.398 e. The second-order valence-electron chi connectivity index (χ2n) is 4.02. The van der Waals surface area contributed by atoms with Gasteiger partial charge in [0.1, 0.15) is 10.7 Å². The van der Waals surface area contributed by atoms with Gasteiger partial charge in [-0.05, 0) is 37.3 Å². The first-order valence-electron chi connectivity index (χ1n) is 5.48. The van der Waals surface area contributed by atoms with E-state index in [-0.39, 0.29) is 17.1 Å². The van der Waals surface area contributed by atoms with Gasteiger partial charge in [-0.3, -0.25) is 0 Å². The Kier molecular flexibility index (Phi) is 3.88. The third kappa shape index (κ3) is 3.31. The summed E-state index contributed by atoms with van der Waals surface area (Å²) < 4.78 is 39.4. The number of nitrogen functional groups attached to an aromatic ring is 1. The van der Waals surface area contributed by atoms with Crippen LogP contribution in [-0.2, 0) is 16.6 Å². The highest BCUT2D eigenvalue weighted by atomic mass is 32.2. The predicted octanol–water partition coefficient (Wildman–Crippen LogP) is 2.26. The van der Waals surface area contributed by atoms with Crippen LogP contribution in [-0.4, -0.2) is 8.42 Å². The first kappa shape index (κ1) is 14.0. The lowest BCUT2D eigenvalue weighted by molar-refractivity contribution is 0.581. The van der Waals surface area contributed by atoms with Crippen molar-refractivity contribution in [3.63, 3.8) is 0 Å². The quantitative estimate of drug-likeness (QED) is 0.851. The van der Waals surface area contributed by atoms with E-state index in [9.17, 15) is 12.8 Å². The molecule has 0 aliphatic heterocycles. The number of sulfonamides is 1. The molecule has 7 heteroatoms. The number of anilines is 1. The molecule has 4 nitrogen and oxygen atoms in total. The third-order valence-corrected chi connectivity index (χ3v) is 4.97. The molecule has 0 unspecified atom stereocenters. The van der Waals surface area contributed by atoms with Gasteiger partial charge in [0.25, 0.3) is 0 Å². The predicted molar refractivity (Wildman–Crippen MR) is 73.9 cm³/mol. The maximum Gasteiger partial charge on any atom is 0.242 e. The first-order valence-corrected chi connectivity index (χ1v) is 7.78. The molecule has 0 atom stereocenters. The van der Waals surface area contributed by atoms with Crippen molar-refractivity contribution in [3.05, 3.63) is 45.9 Å². The summed E-state index contributed by atoms with van der Waals surface area (Å²) in [5.74, 6) is -0.565. The molecule has 1 heterocycles. The maximum atomic E-state index is 12.9. The van der Waals surface area contributed by atoms with E-state index in [1.807, 2.05) is 19.1 Å². The van der Waals surface area contributed by atoms with Crippen LogP contribution in [0.25, 0.3) is 0 Å². The Morgan fingerprint density at radius 2 is 2.05 bits per heavy atom. The molecule has 0 bridgehead atoms. The van der Waals surface area contributed by atoms with Crippen molar-refractivity contribution in [2.24, 2.45) is 0 Å². The monoisotopic (exact) mass is 300 g/mol. The molecule has 0 amide bonds. The normalized spacial score (nSPS) is 11.7. The van der Waals surface area contributed by atoms with Gasteiger partial charge >= 0.3 is 0 Å². The van der Waals surface area contributed by atoms with Gasteiger partial charge in [-0.2, -0.15) is 0 Å². The second kappa shape index (κ2) is 5.28. The van der Waals surface area contributed by atoms with Crippen LogP contribution in [0.15, 0.2) is 35.2 Å². The van der Waals surface area contributed by atoms with E-state index in [1.165, 1.54) is 11.3 Å². The summed E-state index contributed by atoms with van der Waals surface area (Å²) in [6.45, 7) is 2.14. The second-order valence-corrected chi connectivity index (χ2v) is 7.13. The molecule has 19 heavy (non-hydrogen) atoms. The average molecular weight is 300 g/mol. The van der Waals surface area contributed by atoms with Crippen molar-refractivity contribution >= 4 is 27.0 Å². The summed E-state index contributed by atoms with van der Waals surface area (Å²) in [6.07, 6.45) is 0. The fraction of sp³-hybridized carbons (Fsp3) is 0.167. The molecule has 2 aromatic rings. The summed E-state index contributed by atoms with van der Waals surface area (Å²) in [5, 5.41) is 0. The number of rotatable bonds is 4. The van der Waals surface area contributed by atoms with E-state index in [1.54, 1.807) is 0 Å². The Balaban J connectivity index is 2.18. The molecular weight excluding hydrogens is 287 g/mol. The third-order valence-electron chi connectivity index (χ3n) is 2.49. The minimum absolute atomic E-state index is 0.102. The highest BCUT2D eigenvalue weighted by Crippen LogP contribution is 2.20. The van der Waals surface area contributed by atoms with Gasteiger partial charge in [-0.15, -0.1) is 11.3 Å². The Morgan fingerprint density at radius 1 is 1.32 bits per heavy atom. The van der Waals surface area contributed by atoms with Gasteiger partial charge < -0.3 is 5.73 Å². The van der Waals surface area contributed by atoms with Gasteiger partial charge in [0.15, 0.2) is 0 Å². The largest absolute Gasteiger partial charge is 0.398 e. The first-order chi connectivity index (χ1) is 8.88. The molecule has 3 N–H and O–H groups in total. The summed E-state index contributed by atoms with van der Waals surface area (Å²) in [7, 11) is -3.73. The van der Waals surface area contributed by atoms with Crippen molar-refractivity contribution in [2.75, 3.05) is 5.73 Å². The van der Waals surface area contributed by atoms with Crippen LogP contribution in [0.3, 0.4) is 0 Å². The van der Waals surface area contributed by atoms with E-state index >= 15 is 0 Å². The van der Waals surface area contributed by atoms with E-state index in [2.05, 4.69) is 4.72 Å². The van der Waals surface area contributed by atoms with Crippen LogP contribution in [0.4, 0.5) is 10.1 Å². The van der Waals surface area contributed by atoms with Crippen molar-refractivity contribution in [2.45, 2.75) is 18.4 Å². The molecule has 0 aliphatic carbocycles. The number of aryl methyl sites for hydroxylation is 1. The number of nitrogens with one attached hydrogen (secondary N) is 1. The van der Waals surface area contributed by atoms with Gasteiger partial charge in [-0.1, -0.05) is 0 Å². The lowest BCUT2D eigenvalue weighted by atomic mass is 10.3. The van der Waals surface area contributed by atoms with Crippen LogP contribution < -0.4 is 10.5 Å². The van der Waals surface area contributed by atoms with E-state index in [4.69, 9.17) is 5.73 Å². The number of hydrogen-bond donors (Lipinski definition) is 2. The van der Waals surface area contributed by atoms with Crippen molar-refractivity contribution < 1.29 is 12.8 Å². The molecule has 0 aliphatic rings. The van der Waals surface area contributed by atoms with Gasteiger partial charge in [0.05, 0.1) is 5.69 Å². The number of thiophene rings is 1. The molecule has 1 aromatic heterocycles. The minimum atomic E-state index is -3.73. The fourth-order valence-electron chi connectivity index (χ4n) is 1.59. The molecule has 0 radical (unpaired) electrons. The van der Waals surface area contributed by atoms with Crippen molar-refractivity contribution in [3.8, 4) is 0 Å². The molecule has 1 aromatic carbocycles. The highest BCUT2D eigenvalue weighted by molar-refractivity contribution is 7.89. The van der Waals surface area contributed by atoms with Crippen molar-refractivity contribution in [1.29, 1.82) is 0 Å². The molecule has 0 saturated heterocycles. The lowest BCUT2D eigenvalue weighted by Crippen LogP contribution is -2.23. The van der Waals surface area contributed by atoms with Crippen LogP contribution in [0, 0.1) is 12.7 Å². The lowest BCUT2D eigenvalue weighted by Gasteiger charge is -2.08. The van der Waals surface area contributed by atoms with Gasteiger partial charge in [0, 0.05) is 16.3 Å². The summed E-state index contributed by atoms with van der Waals surface area (Å²) in [6, 6.07) is 6.99. The van der Waals surface area contributed by atoms with Crippen LogP contribution in [0.2, 0.25) is 0 Å². The maximum absolute atomic E-state index is 12.9. The average Bonchev–Trinajstić information content (AvgIpc) is 2.72. The summed E-state index contributed by atoms with van der Waals surface area (Å²) in [4.78, 5) is 1.90. The number of halogens is 1. The number of benzene rings is 1. The number of hydrogen-bond acceptors (Lipinski definition) is 4. The van der Waals surface area contributed by atoms with Crippen LogP contribution in [0.1, 0.15) is 9.75 Å². The number of nitrogens with two attached hydrogens (primary N) is 1. The molecular formula is C12H13FN2O2S2. The molecule has 0 spiro atoms. The van der Waals surface area contributed by atoms with E-state index < -0.39 is 15.8 Å².